The Bertz CT molecular complexity index is 95.6. The van der Waals surface area contributed by atoms with Crippen molar-refractivity contribution >= 4 is 25.0 Å². The van der Waals surface area contributed by atoms with Gasteiger partial charge in [-0.1, -0.05) is 0 Å². The molecule has 0 aliphatic heterocycles. The molecule has 0 unspecified atom stereocenters. The van der Waals surface area contributed by atoms with Crippen LogP contribution >= 0.6 is 0 Å². The summed E-state index contributed by atoms with van der Waals surface area (Å²) in [4.78, 5) is 26.0. The smallest absolute Gasteiger partial charge is 0.179 e. The molecular formula is C9H30O3Si3. The van der Waals surface area contributed by atoms with E-state index in [0.29, 0.717) is 0 Å². The van der Waals surface area contributed by atoms with Crippen LogP contribution in [0, 0.1) is 0 Å². The van der Waals surface area contributed by atoms with Crippen LogP contribution in [0.5, 0.6) is 0 Å². The van der Waals surface area contributed by atoms with Crippen LogP contribution in [-0.2, 0) is 0 Å². The van der Waals surface area contributed by atoms with Crippen molar-refractivity contribution in [3.63, 3.8) is 0 Å². The Morgan fingerprint density at radius 1 is 0.400 bits per heavy atom. The SMILES string of the molecule is C[Si](C)(C)O.C[Si](C)(C)O.C[Si](C)(C)O. The Morgan fingerprint density at radius 2 is 0.400 bits per heavy atom. The van der Waals surface area contributed by atoms with Gasteiger partial charge in [-0.05, 0) is 58.9 Å². The van der Waals surface area contributed by atoms with E-state index < -0.39 is 25.0 Å². The minimum Gasteiger partial charge on any atom is -0.433 e. The lowest BCUT2D eigenvalue weighted by Crippen LogP contribution is -2.17. The zero-order valence-corrected chi connectivity index (χ0v) is 14.8. The normalized spacial score (nSPS) is 12.0. The zero-order chi connectivity index (χ0) is 13.5. The third-order valence-electron chi connectivity index (χ3n) is 0. The van der Waals surface area contributed by atoms with Gasteiger partial charge in [0.2, 0.25) is 0 Å². The van der Waals surface area contributed by atoms with Crippen molar-refractivity contribution in [3.8, 4) is 0 Å². The molecule has 15 heavy (non-hydrogen) atoms. The van der Waals surface area contributed by atoms with Crippen LogP contribution in [0.15, 0.2) is 0 Å². The van der Waals surface area contributed by atoms with Gasteiger partial charge < -0.3 is 14.4 Å². The Kier molecular flexibility index (Phi) is 10.8. The Hall–Kier alpha value is 0.531. The predicted octanol–water partition coefficient (Wildman–Crippen LogP) is 2.44. The third-order valence-corrected chi connectivity index (χ3v) is 0. The molecular weight excluding hydrogens is 240 g/mol. The molecule has 6 heteroatoms. The van der Waals surface area contributed by atoms with Gasteiger partial charge in [-0.2, -0.15) is 0 Å². The first-order valence-corrected chi connectivity index (χ1v) is 15.5. The van der Waals surface area contributed by atoms with Gasteiger partial charge in [-0.25, -0.2) is 0 Å². The molecule has 0 saturated carbocycles. The third kappa shape index (κ3) is 8100. The maximum Gasteiger partial charge on any atom is 0.179 e. The maximum absolute atomic E-state index is 8.66. The molecule has 3 N–H and O–H groups in total. The predicted molar refractivity (Wildman–Crippen MR) is 76.7 cm³/mol. The van der Waals surface area contributed by atoms with Crippen LogP contribution in [-0.4, -0.2) is 39.3 Å². The molecule has 0 heterocycles. The minimum absolute atomic E-state index is 1.61. The summed E-state index contributed by atoms with van der Waals surface area (Å²) in [6.07, 6.45) is 0. The van der Waals surface area contributed by atoms with E-state index in [1.54, 1.807) is 0 Å². The first kappa shape index (κ1) is 20.9. The highest BCUT2D eigenvalue weighted by Gasteiger charge is 2.04. The van der Waals surface area contributed by atoms with Gasteiger partial charge in [0, 0.05) is 0 Å². The quantitative estimate of drug-likeness (QED) is 0.593. The molecule has 0 aliphatic carbocycles. The lowest BCUT2D eigenvalue weighted by molar-refractivity contribution is 0.559. The average Bonchev–Trinajstić information content (AvgIpc) is 1.41. The van der Waals surface area contributed by atoms with Gasteiger partial charge in [0.1, 0.15) is 0 Å². The van der Waals surface area contributed by atoms with E-state index in [-0.39, 0.29) is 0 Å². The summed E-state index contributed by atoms with van der Waals surface area (Å²) >= 11 is 0. The maximum atomic E-state index is 8.66. The second kappa shape index (κ2) is 7.75. The topological polar surface area (TPSA) is 60.7 Å². The van der Waals surface area contributed by atoms with E-state index >= 15 is 0 Å². The van der Waals surface area contributed by atoms with E-state index in [4.69, 9.17) is 14.4 Å². The van der Waals surface area contributed by atoms with Crippen molar-refractivity contribution in [2.24, 2.45) is 0 Å². The van der Waals surface area contributed by atoms with E-state index in [2.05, 4.69) is 0 Å². The molecule has 0 atom stereocenters. The molecule has 0 fully saturated rings. The van der Waals surface area contributed by atoms with Gasteiger partial charge in [0.05, 0.1) is 0 Å². The fourth-order valence-corrected chi connectivity index (χ4v) is 0. The molecule has 0 aromatic carbocycles. The van der Waals surface area contributed by atoms with Crippen molar-refractivity contribution in [3.05, 3.63) is 0 Å². The monoisotopic (exact) mass is 270 g/mol. The molecule has 0 amide bonds. The van der Waals surface area contributed by atoms with E-state index in [9.17, 15) is 0 Å². The van der Waals surface area contributed by atoms with Crippen LogP contribution in [0.4, 0.5) is 0 Å². The molecule has 0 aliphatic rings. The van der Waals surface area contributed by atoms with Crippen LogP contribution in [0.2, 0.25) is 58.9 Å². The highest BCUT2D eigenvalue weighted by atomic mass is 28.4. The summed E-state index contributed by atoms with van der Waals surface area (Å²) in [5.41, 5.74) is 0. The van der Waals surface area contributed by atoms with Gasteiger partial charge >= 0.3 is 0 Å². The average molecular weight is 271 g/mol. The molecule has 0 rings (SSSR count). The van der Waals surface area contributed by atoms with Crippen LogP contribution in [0.25, 0.3) is 0 Å². The molecule has 96 valence electrons. The van der Waals surface area contributed by atoms with E-state index in [1.165, 1.54) is 0 Å². The lowest BCUT2D eigenvalue weighted by atomic mass is 11.8. The summed E-state index contributed by atoms with van der Waals surface area (Å²) in [5, 5.41) is 0. The van der Waals surface area contributed by atoms with Crippen molar-refractivity contribution in [1.82, 2.24) is 0 Å². The fraction of sp³-hybridized carbons (Fsp3) is 1.00. The summed E-state index contributed by atoms with van der Waals surface area (Å²) in [5.74, 6) is 0. The number of hydrogen-bond acceptors (Lipinski definition) is 3. The second-order valence-electron chi connectivity index (χ2n) is 6.51. The van der Waals surface area contributed by atoms with Gasteiger partial charge in [-0.15, -0.1) is 0 Å². The molecule has 0 bridgehead atoms. The van der Waals surface area contributed by atoms with Crippen LogP contribution < -0.4 is 0 Å². The largest absolute Gasteiger partial charge is 0.433 e. The van der Waals surface area contributed by atoms with Gasteiger partial charge in [0.15, 0.2) is 25.0 Å². The molecule has 0 aromatic rings. The van der Waals surface area contributed by atoms with Gasteiger partial charge in [0.25, 0.3) is 0 Å². The van der Waals surface area contributed by atoms with Crippen LogP contribution in [0.3, 0.4) is 0 Å². The summed E-state index contributed by atoms with van der Waals surface area (Å²) in [7, 11) is -4.83. The number of rotatable bonds is 0. The summed E-state index contributed by atoms with van der Waals surface area (Å²) < 4.78 is 0. The number of hydrogen-bond donors (Lipinski definition) is 3. The molecule has 0 aromatic heterocycles. The highest BCUT2D eigenvalue weighted by Crippen LogP contribution is 1.89. The minimum atomic E-state index is -1.61. The first-order valence-electron chi connectivity index (χ1n) is 5.17. The highest BCUT2D eigenvalue weighted by molar-refractivity contribution is 6.68. The standard InChI is InChI=1S/3C3H10OSi/c3*1-5(2,3)4/h3*4H,1-3H3. The fourth-order valence-electron chi connectivity index (χ4n) is 0. The first-order chi connectivity index (χ1) is 6.00. The molecule has 0 radical (unpaired) electrons. The molecule has 3 nitrogen and oxygen atoms in total. The Morgan fingerprint density at radius 3 is 0.400 bits per heavy atom. The second-order valence-corrected chi connectivity index (χ2v) is 19.5. The molecule has 0 spiro atoms. The summed E-state index contributed by atoms with van der Waals surface area (Å²) in [6, 6.07) is 0. The lowest BCUT2D eigenvalue weighted by Gasteiger charge is -2.00. The zero-order valence-electron chi connectivity index (χ0n) is 11.8. The van der Waals surface area contributed by atoms with E-state index in [0.717, 1.165) is 0 Å². The molecule has 0 saturated heterocycles. The van der Waals surface area contributed by atoms with E-state index in [1.807, 2.05) is 58.9 Å². The Balaban J connectivity index is -0.000000144. The van der Waals surface area contributed by atoms with Crippen molar-refractivity contribution in [1.29, 1.82) is 0 Å². The summed E-state index contributed by atoms with van der Waals surface area (Å²) in [6.45, 7) is 16.9. The van der Waals surface area contributed by atoms with Crippen molar-refractivity contribution < 1.29 is 14.4 Å². The van der Waals surface area contributed by atoms with Gasteiger partial charge in [-0.3, -0.25) is 0 Å². The Labute approximate surface area is 98.6 Å². The van der Waals surface area contributed by atoms with Crippen molar-refractivity contribution in [2.45, 2.75) is 58.9 Å². The van der Waals surface area contributed by atoms with Crippen LogP contribution in [0.1, 0.15) is 0 Å². The van der Waals surface area contributed by atoms with Crippen molar-refractivity contribution in [2.75, 3.05) is 0 Å².